The van der Waals surface area contributed by atoms with Gasteiger partial charge in [0.15, 0.2) is 5.13 Å². The molecule has 0 saturated heterocycles. The van der Waals surface area contributed by atoms with Crippen molar-refractivity contribution in [1.29, 1.82) is 0 Å². The molecule has 5 nitrogen and oxygen atoms in total. The van der Waals surface area contributed by atoms with Crippen molar-refractivity contribution in [1.82, 2.24) is 10.3 Å². The molecule has 0 atom stereocenters. The third-order valence-corrected chi connectivity index (χ3v) is 4.15. The molecule has 0 unspecified atom stereocenters. The van der Waals surface area contributed by atoms with E-state index in [0.717, 1.165) is 31.4 Å². The predicted molar refractivity (Wildman–Crippen MR) is 81.1 cm³/mol. The van der Waals surface area contributed by atoms with Crippen LogP contribution in [-0.4, -0.2) is 28.3 Å². The first-order chi connectivity index (χ1) is 9.26. The number of anilines is 1. The lowest BCUT2D eigenvalue weighted by Gasteiger charge is -2.36. The normalized spacial score (nSPS) is 17.4. The monoisotopic (exact) mass is 297 g/mol. The molecule has 1 aromatic rings. The second kappa shape index (κ2) is 5.69. The van der Waals surface area contributed by atoms with E-state index in [-0.39, 0.29) is 11.4 Å². The number of thiazole rings is 1. The highest BCUT2D eigenvalue weighted by Crippen LogP contribution is 2.30. The van der Waals surface area contributed by atoms with Crippen LogP contribution in [0.25, 0.3) is 0 Å². The molecule has 2 amide bonds. The van der Waals surface area contributed by atoms with E-state index in [2.05, 4.69) is 36.4 Å². The Labute approximate surface area is 123 Å². The van der Waals surface area contributed by atoms with Crippen LogP contribution >= 0.6 is 11.3 Å². The number of nitrogens with one attached hydrogen (secondary N) is 2. The number of urea groups is 1. The summed E-state index contributed by atoms with van der Waals surface area (Å²) in [5, 5.41) is 17.9. The minimum atomic E-state index is -0.697. The molecule has 1 heterocycles. The molecule has 1 saturated carbocycles. The zero-order chi connectivity index (χ0) is 14.8. The van der Waals surface area contributed by atoms with E-state index in [4.69, 9.17) is 0 Å². The van der Waals surface area contributed by atoms with Gasteiger partial charge in [0.05, 0.1) is 11.3 Å². The van der Waals surface area contributed by atoms with E-state index < -0.39 is 5.60 Å². The maximum absolute atomic E-state index is 11.7. The number of carbonyl (C=O) groups excluding carboxylic acids is 1. The summed E-state index contributed by atoms with van der Waals surface area (Å²) in [5.74, 6) is 0. The van der Waals surface area contributed by atoms with Crippen molar-refractivity contribution in [2.75, 3.05) is 11.9 Å². The molecule has 0 aliphatic heterocycles. The zero-order valence-corrected chi connectivity index (χ0v) is 13.1. The lowest BCUT2D eigenvalue weighted by atomic mass is 9.80. The SMILES string of the molecule is CC(C)(C)Cc1csc(NC(=O)NCC2(O)CCC2)n1. The molecule has 0 radical (unpaired) electrons. The molecule has 3 N–H and O–H groups in total. The number of carbonyl (C=O) groups is 1. The van der Waals surface area contributed by atoms with Gasteiger partial charge in [0, 0.05) is 11.9 Å². The van der Waals surface area contributed by atoms with Crippen molar-refractivity contribution in [3.63, 3.8) is 0 Å². The minimum Gasteiger partial charge on any atom is -0.388 e. The smallest absolute Gasteiger partial charge is 0.321 e. The Balaban J connectivity index is 1.79. The van der Waals surface area contributed by atoms with Gasteiger partial charge in [-0.05, 0) is 31.1 Å². The summed E-state index contributed by atoms with van der Waals surface area (Å²) in [6.45, 7) is 6.78. The fraction of sp³-hybridized carbons (Fsp3) is 0.714. The second-order valence-corrected chi connectivity index (χ2v) is 7.63. The first-order valence-electron chi connectivity index (χ1n) is 6.97. The summed E-state index contributed by atoms with van der Waals surface area (Å²) < 4.78 is 0. The fourth-order valence-electron chi connectivity index (χ4n) is 2.14. The lowest BCUT2D eigenvalue weighted by Crippen LogP contribution is -2.48. The summed E-state index contributed by atoms with van der Waals surface area (Å²) >= 11 is 1.43. The molecule has 6 heteroatoms. The Hall–Kier alpha value is -1.14. The van der Waals surface area contributed by atoms with Crippen molar-refractivity contribution >= 4 is 22.5 Å². The standard InChI is InChI=1S/C14H23N3O2S/c1-13(2,3)7-10-8-20-12(16-10)17-11(18)15-9-14(19)5-4-6-14/h8,19H,4-7,9H2,1-3H3,(H2,15,16,17,18). The Morgan fingerprint density at radius 1 is 1.50 bits per heavy atom. The first-order valence-corrected chi connectivity index (χ1v) is 7.85. The zero-order valence-electron chi connectivity index (χ0n) is 12.3. The summed E-state index contributed by atoms with van der Waals surface area (Å²) in [6, 6.07) is -0.304. The van der Waals surface area contributed by atoms with Crippen LogP contribution in [0.4, 0.5) is 9.93 Å². The molecule has 0 aromatic carbocycles. The number of rotatable bonds is 4. The lowest BCUT2D eigenvalue weighted by molar-refractivity contribution is -0.0287. The van der Waals surface area contributed by atoms with Crippen molar-refractivity contribution in [2.24, 2.45) is 5.41 Å². The third-order valence-electron chi connectivity index (χ3n) is 3.35. The van der Waals surface area contributed by atoms with Gasteiger partial charge in [-0.3, -0.25) is 5.32 Å². The van der Waals surface area contributed by atoms with E-state index in [1.165, 1.54) is 11.3 Å². The molecular formula is C14H23N3O2S. The van der Waals surface area contributed by atoms with Crippen molar-refractivity contribution in [3.8, 4) is 0 Å². The maximum Gasteiger partial charge on any atom is 0.321 e. The average molecular weight is 297 g/mol. The van der Waals surface area contributed by atoms with Crippen LogP contribution < -0.4 is 10.6 Å². The van der Waals surface area contributed by atoms with Gasteiger partial charge in [-0.25, -0.2) is 9.78 Å². The van der Waals surface area contributed by atoms with Crippen LogP contribution in [-0.2, 0) is 6.42 Å². The highest BCUT2D eigenvalue weighted by molar-refractivity contribution is 7.13. The quantitative estimate of drug-likeness (QED) is 0.800. The van der Waals surface area contributed by atoms with Gasteiger partial charge >= 0.3 is 6.03 Å². The van der Waals surface area contributed by atoms with E-state index in [1.807, 2.05) is 5.38 Å². The van der Waals surface area contributed by atoms with Crippen LogP contribution in [0.5, 0.6) is 0 Å². The third kappa shape index (κ3) is 4.45. The van der Waals surface area contributed by atoms with Crippen LogP contribution in [0.1, 0.15) is 45.7 Å². The van der Waals surface area contributed by atoms with Gasteiger partial charge in [0.1, 0.15) is 0 Å². The number of hydrogen-bond donors (Lipinski definition) is 3. The molecule has 1 fully saturated rings. The predicted octanol–water partition coefficient (Wildman–Crippen LogP) is 2.77. The number of hydrogen-bond acceptors (Lipinski definition) is 4. The van der Waals surface area contributed by atoms with Crippen LogP contribution in [0.15, 0.2) is 5.38 Å². The molecular weight excluding hydrogens is 274 g/mol. The summed E-state index contributed by atoms with van der Waals surface area (Å²) in [5.41, 5.74) is 0.481. The number of nitrogens with zero attached hydrogens (tertiary/aromatic N) is 1. The van der Waals surface area contributed by atoms with Gasteiger partial charge in [-0.1, -0.05) is 20.8 Å². The molecule has 1 aliphatic rings. The largest absolute Gasteiger partial charge is 0.388 e. The van der Waals surface area contributed by atoms with Gasteiger partial charge in [-0.15, -0.1) is 11.3 Å². The van der Waals surface area contributed by atoms with E-state index >= 15 is 0 Å². The molecule has 20 heavy (non-hydrogen) atoms. The maximum atomic E-state index is 11.7. The Morgan fingerprint density at radius 3 is 2.75 bits per heavy atom. The average Bonchev–Trinajstić information content (AvgIpc) is 2.68. The Morgan fingerprint density at radius 2 is 2.20 bits per heavy atom. The highest BCUT2D eigenvalue weighted by Gasteiger charge is 2.34. The van der Waals surface area contributed by atoms with E-state index in [1.54, 1.807) is 0 Å². The van der Waals surface area contributed by atoms with Crippen molar-refractivity contribution in [3.05, 3.63) is 11.1 Å². The first kappa shape index (κ1) is 15.3. The molecule has 1 aliphatic carbocycles. The van der Waals surface area contributed by atoms with E-state index in [9.17, 15) is 9.90 Å². The topological polar surface area (TPSA) is 74.2 Å². The van der Waals surface area contributed by atoms with Crippen molar-refractivity contribution < 1.29 is 9.90 Å². The summed E-state index contributed by atoms with van der Waals surface area (Å²) in [7, 11) is 0. The molecule has 1 aromatic heterocycles. The van der Waals surface area contributed by atoms with Crippen LogP contribution in [0.2, 0.25) is 0 Å². The van der Waals surface area contributed by atoms with Gasteiger partial charge in [0.25, 0.3) is 0 Å². The van der Waals surface area contributed by atoms with Gasteiger partial charge < -0.3 is 10.4 Å². The number of aliphatic hydroxyl groups is 1. The van der Waals surface area contributed by atoms with Crippen molar-refractivity contribution in [2.45, 2.75) is 52.1 Å². The van der Waals surface area contributed by atoms with Crippen LogP contribution in [0, 0.1) is 5.41 Å². The highest BCUT2D eigenvalue weighted by atomic mass is 32.1. The minimum absolute atomic E-state index is 0.182. The Bertz CT molecular complexity index is 475. The number of amides is 2. The van der Waals surface area contributed by atoms with Crippen LogP contribution in [0.3, 0.4) is 0 Å². The van der Waals surface area contributed by atoms with Gasteiger partial charge in [0.2, 0.25) is 0 Å². The molecule has 112 valence electrons. The van der Waals surface area contributed by atoms with E-state index in [0.29, 0.717) is 11.7 Å². The molecule has 0 bridgehead atoms. The molecule has 2 rings (SSSR count). The summed E-state index contributed by atoms with van der Waals surface area (Å²) in [4.78, 5) is 16.1. The fourth-order valence-corrected chi connectivity index (χ4v) is 2.84. The number of aromatic nitrogens is 1. The Kier molecular flexibility index (Phi) is 4.34. The second-order valence-electron chi connectivity index (χ2n) is 6.77. The summed E-state index contributed by atoms with van der Waals surface area (Å²) in [6.07, 6.45) is 3.44. The van der Waals surface area contributed by atoms with Gasteiger partial charge in [-0.2, -0.15) is 0 Å². The molecule has 0 spiro atoms.